The zero-order valence-corrected chi connectivity index (χ0v) is 22.0. The summed E-state index contributed by atoms with van der Waals surface area (Å²) in [7, 11) is 3.17. The van der Waals surface area contributed by atoms with Gasteiger partial charge in [0, 0.05) is 48.6 Å². The number of nitrogens with two attached hydrogens (primary N) is 1. The molecule has 2 aliphatic carbocycles. The van der Waals surface area contributed by atoms with Gasteiger partial charge in [-0.1, -0.05) is 30.3 Å². The summed E-state index contributed by atoms with van der Waals surface area (Å²) in [5.74, 6) is 0.737. The Morgan fingerprint density at radius 3 is 2.42 bits per heavy atom. The predicted molar refractivity (Wildman–Crippen MR) is 147 cm³/mol. The SMILES string of the molecule is COC(=O)N(C)C1CCC(CC(=O)Nc2cc(-c3ccccn3)c(-c3ccc(C4(N)CC4)cc3)cn2)CC1. The van der Waals surface area contributed by atoms with Gasteiger partial charge in [-0.15, -0.1) is 0 Å². The highest BCUT2D eigenvalue weighted by Crippen LogP contribution is 2.43. The second-order valence-corrected chi connectivity index (χ2v) is 10.6. The van der Waals surface area contributed by atoms with Crippen molar-refractivity contribution in [1.82, 2.24) is 14.9 Å². The third-order valence-electron chi connectivity index (χ3n) is 7.97. The topological polar surface area (TPSA) is 110 Å². The van der Waals surface area contributed by atoms with Crippen LogP contribution in [-0.4, -0.2) is 47.1 Å². The van der Waals surface area contributed by atoms with Crippen molar-refractivity contribution in [3.8, 4) is 22.4 Å². The van der Waals surface area contributed by atoms with Gasteiger partial charge < -0.3 is 20.7 Å². The minimum Gasteiger partial charge on any atom is -0.453 e. The Hall–Kier alpha value is -3.78. The smallest absolute Gasteiger partial charge is 0.409 e. The van der Waals surface area contributed by atoms with Crippen molar-refractivity contribution >= 4 is 17.8 Å². The number of nitrogens with zero attached hydrogens (tertiary/aromatic N) is 3. The van der Waals surface area contributed by atoms with E-state index in [4.69, 9.17) is 10.5 Å². The lowest BCUT2D eigenvalue weighted by Gasteiger charge is -2.33. The van der Waals surface area contributed by atoms with Crippen LogP contribution in [0.5, 0.6) is 0 Å². The molecule has 0 unspecified atom stereocenters. The third-order valence-corrected chi connectivity index (χ3v) is 7.97. The average Bonchev–Trinajstić information content (AvgIpc) is 3.71. The van der Waals surface area contributed by atoms with E-state index in [-0.39, 0.29) is 29.5 Å². The van der Waals surface area contributed by atoms with Crippen LogP contribution in [0.2, 0.25) is 0 Å². The molecule has 3 aromatic rings. The van der Waals surface area contributed by atoms with Gasteiger partial charge in [-0.25, -0.2) is 9.78 Å². The summed E-state index contributed by atoms with van der Waals surface area (Å²) in [5.41, 5.74) is 11.0. The van der Waals surface area contributed by atoms with E-state index in [1.165, 1.54) is 7.11 Å². The van der Waals surface area contributed by atoms with Gasteiger partial charge in [0.05, 0.1) is 12.8 Å². The fourth-order valence-electron chi connectivity index (χ4n) is 5.38. The molecule has 2 aromatic heterocycles. The maximum absolute atomic E-state index is 12.9. The minimum atomic E-state index is -0.313. The highest BCUT2D eigenvalue weighted by molar-refractivity contribution is 5.92. The molecule has 198 valence electrons. The first-order chi connectivity index (χ1) is 18.4. The summed E-state index contributed by atoms with van der Waals surface area (Å²) >= 11 is 0. The maximum atomic E-state index is 12.9. The second-order valence-electron chi connectivity index (χ2n) is 10.6. The number of methoxy groups -OCH3 is 1. The van der Waals surface area contributed by atoms with Crippen LogP contribution in [-0.2, 0) is 15.1 Å². The zero-order valence-electron chi connectivity index (χ0n) is 22.0. The molecular weight excluding hydrogens is 478 g/mol. The highest BCUT2D eigenvalue weighted by atomic mass is 16.5. The summed E-state index contributed by atoms with van der Waals surface area (Å²) in [6, 6.07) is 16.2. The lowest BCUT2D eigenvalue weighted by molar-refractivity contribution is -0.117. The molecule has 0 bridgehead atoms. The summed E-state index contributed by atoms with van der Waals surface area (Å²) < 4.78 is 4.83. The van der Waals surface area contributed by atoms with E-state index in [1.807, 2.05) is 24.3 Å². The van der Waals surface area contributed by atoms with Crippen LogP contribution in [0.3, 0.4) is 0 Å². The molecule has 8 heteroatoms. The van der Waals surface area contributed by atoms with Gasteiger partial charge in [0.15, 0.2) is 0 Å². The fraction of sp³-hybridized carbons (Fsp3) is 0.400. The molecule has 1 aromatic carbocycles. The van der Waals surface area contributed by atoms with Gasteiger partial charge >= 0.3 is 6.09 Å². The van der Waals surface area contributed by atoms with Crippen LogP contribution in [0.1, 0.15) is 50.5 Å². The molecule has 0 radical (unpaired) electrons. The molecule has 0 aliphatic heterocycles. The number of pyridine rings is 2. The summed E-state index contributed by atoms with van der Waals surface area (Å²) in [5, 5.41) is 3.00. The maximum Gasteiger partial charge on any atom is 0.409 e. The van der Waals surface area contributed by atoms with Crippen molar-refractivity contribution in [3.63, 3.8) is 0 Å². The monoisotopic (exact) mass is 513 g/mol. The number of anilines is 1. The molecule has 0 saturated heterocycles. The number of ether oxygens (including phenoxy) is 1. The number of carbonyl (C=O) groups is 2. The van der Waals surface area contributed by atoms with Crippen molar-refractivity contribution in [1.29, 1.82) is 0 Å². The molecule has 3 N–H and O–H groups in total. The van der Waals surface area contributed by atoms with Crippen molar-refractivity contribution in [2.75, 3.05) is 19.5 Å². The van der Waals surface area contributed by atoms with Crippen molar-refractivity contribution in [2.45, 2.75) is 56.5 Å². The molecule has 0 spiro atoms. The first-order valence-corrected chi connectivity index (χ1v) is 13.3. The highest BCUT2D eigenvalue weighted by Gasteiger charge is 2.39. The molecule has 5 rings (SSSR count). The second kappa shape index (κ2) is 10.9. The Balaban J connectivity index is 1.28. The molecule has 2 fully saturated rings. The van der Waals surface area contributed by atoms with Gasteiger partial charge in [0.2, 0.25) is 5.91 Å². The number of hydrogen-bond acceptors (Lipinski definition) is 6. The average molecular weight is 514 g/mol. The van der Waals surface area contributed by atoms with Crippen LogP contribution in [0, 0.1) is 5.92 Å². The molecule has 0 atom stereocenters. The number of benzene rings is 1. The van der Waals surface area contributed by atoms with Gasteiger partial charge in [-0.05, 0) is 73.8 Å². The minimum absolute atomic E-state index is 0.0518. The number of carbonyl (C=O) groups excluding carboxylic acids is 2. The Morgan fingerprint density at radius 2 is 1.79 bits per heavy atom. The zero-order chi connectivity index (χ0) is 26.7. The molecule has 38 heavy (non-hydrogen) atoms. The molecule has 2 aliphatic rings. The quantitative estimate of drug-likeness (QED) is 0.441. The van der Waals surface area contributed by atoms with Crippen molar-refractivity contribution in [3.05, 3.63) is 66.5 Å². The Morgan fingerprint density at radius 1 is 1.05 bits per heavy atom. The van der Waals surface area contributed by atoms with Crippen molar-refractivity contribution in [2.24, 2.45) is 11.7 Å². The van der Waals surface area contributed by atoms with Gasteiger partial charge in [-0.2, -0.15) is 0 Å². The lowest BCUT2D eigenvalue weighted by atomic mass is 9.83. The van der Waals surface area contributed by atoms with E-state index in [1.54, 1.807) is 24.3 Å². The third kappa shape index (κ3) is 5.70. The van der Waals surface area contributed by atoms with Crippen LogP contribution in [0.25, 0.3) is 22.4 Å². The molecular formula is C30H35N5O3. The number of aromatic nitrogens is 2. The first-order valence-electron chi connectivity index (χ1n) is 13.3. The Kier molecular flexibility index (Phi) is 7.42. The molecule has 8 nitrogen and oxygen atoms in total. The van der Waals surface area contributed by atoms with Crippen LogP contribution < -0.4 is 11.1 Å². The largest absolute Gasteiger partial charge is 0.453 e. The van der Waals surface area contributed by atoms with E-state index in [2.05, 4.69) is 39.6 Å². The summed E-state index contributed by atoms with van der Waals surface area (Å²) in [6.45, 7) is 0. The summed E-state index contributed by atoms with van der Waals surface area (Å²) in [6.07, 6.45) is 9.25. The van der Waals surface area contributed by atoms with Crippen LogP contribution in [0.15, 0.2) is 60.9 Å². The number of nitrogens with one attached hydrogen (secondary N) is 1. The molecule has 2 amide bonds. The number of hydrogen-bond donors (Lipinski definition) is 2. The number of amides is 2. The van der Waals surface area contributed by atoms with E-state index >= 15 is 0 Å². The van der Waals surface area contributed by atoms with E-state index in [9.17, 15) is 9.59 Å². The first kappa shape index (κ1) is 25.9. The van der Waals surface area contributed by atoms with Gasteiger partial charge in [-0.3, -0.25) is 9.78 Å². The predicted octanol–water partition coefficient (Wildman–Crippen LogP) is 5.34. The van der Waals surface area contributed by atoms with E-state index in [0.29, 0.717) is 12.2 Å². The van der Waals surface area contributed by atoms with Gasteiger partial charge in [0.1, 0.15) is 5.82 Å². The van der Waals surface area contributed by atoms with E-state index in [0.717, 1.165) is 66.5 Å². The van der Waals surface area contributed by atoms with Gasteiger partial charge in [0.25, 0.3) is 0 Å². The van der Waals surface area contributed by atoms with E-state index < -0.39 is 0 Å². The van der Waals surface area contributed by atoms with Crippen molar-refractivity contribution < 1.29 is 14.3 Å². The number of rotatable bonds is 7. The normalized spacial score (nSPS) is 19.9. The molecule has 2 saturated carbocycles. The van der Waals surface area contributed by atoms with Crippen LogP contribution >= 0.6 is 0 Å². The lowest BCUT2D eigenvalue weighted by Crippen LogP contribution is -2.39. The molecule has 2 heterocycles. The summed E-state index contributed by atoms with van der Waals surface area (Å²) in [4.78, 5) is 35.5. The Bertz CT molecular complexity index is 1280. The standard InChI is InChI=1S/C30H35N5O3/c1-35(29(37)38-2)23-12-6-20(7-13-23)17-28(36)34-27-18-24(26-5-3-4-16-32-26)25(19-33-27)21-8-10-22(11-9-21)30(31)14-15-30/h3-5,8-11,16,18-20,23H,6-7,12-15,17,31H2,1-2H3,(H,33,34,36). The fourth-order valence-corrected chi connectivity index (χ4v) is 5.38. The van der Waals surface area contributed by atoms with Crippen LogP contribution in [0.4, 0.5) is 10.6 Å². The Labute approximate surface area is 223 Å².